The molecule has 1 rings (SSSR count). The monoisotopic (exact) mass is 374 g/mol. The van der Waals surface area contributed by atoms with Crippen LogP contribution in [0.3, 0.4) is 0 Å². The van der Waals surface area contributed by atoms with Crippen LogP contribution in [0.2, 0.25) is 0 Å². The van der Waals surface area contributed by atoms with E-state index in [1.54, 1.807) is 0 Å². The predicted molar refractivity (Wildman–Crippen MR) is 89.0 cm³/mol. The third-order valence-electron chi connectivity index (χ3n) is 3.17. The van der Waals surface area contributed by atoms with E-state index in [2.05, 4.69) is 4.72 Å². The van der Waals surface area contributed by atoms with Crippen LogP contribution in [0.25, 0.3) is 0 Å². The molecule has 0 heterocycles. The fourth-order valence-corrected chi connectivity index (χ4v) is 2.86. The highest BCUT2D eigenvalue weighted by Crippen LogP contribution is 2.29. The lowest BCUT2D eigenvalue weighted by atomic mass is 10.3. The maximum atomic E-state index is 12.2. The number of nitrogens with one attached hydrogen (secondary N) is 1. The van der Waals surface area contributed by atoms with E-state index in [9.17, 15) is 18.0 Å². The van der Waals surface area contributed by atoms with Gasteiger partial charge in [0.25, 0.3) is 5.91 Å². The molecule has 0 unspecified atom stereocenters. The summed E-state index contributed by atoms with van der Waals surface area (Å²) >= 11 is 0. The molecule has 25 heavy (non-hydrogen) atoms. The molecule has 0 spiro atoms. The molecule has 0 aliphatic heterocycles. The van der Waals surface area contributed by atoms with Crippen molar-refractivity contribution in [1.82, 2.24) is 9.62 Å². The summed E-state index contributed by atoms with van der Waals surface area (Å²) in [5.74, 6) is -0.669. The third-order valence-corrected chi connectivity index (χ3v) is 4.57. The van der Waals surface area contributed by atoms with Crippen LogP contribution >= 0.6 is 0 Å². The first-order valence-corrected chi connectivity index (χ1v) is 8.73. The van der Waals surface area contributed by atoms with Gasteiger partial charge >= 0.3 is 5.97 Å². The van der Waals surface area contributed by atoms with Gasteiger partial charge in [-0.25, -0.2) is 8.42 Å². The summed E-state index contributed by atoms with van der Waals surface area (Å²) in [6.45, 7) is 0.796. The molecular formula is C15H22N2O7S. The van der Waals surface area contributed by atoms with Gasteiger partial charge in [-0.05, 0) is 19.1 Å². The van der Waals surface area contributed by atoms with E-state index in [0.717, 1.165) is 0 Å². The number of esters is 1. The van der Waals surface area contributed by atoms with Crippen LogP contribution in [-0.2, 0) is 24.3 Å². The van der Waals surface area contributed by atoms with Gasteiger partial charge in [-0.3, -0.25) is 9.59 Å². The van der Waals surface area contributed by atoms with E-state index in [-0.39, 0.29) is 10.6 Å². The average molecular weight is 374 g/mol. The van der Waals surface area contributed by atoms with Crippen molar-refractivity contribution in [2.24, 2.45) is 0 Å². The molecule has 0 aliphatic carbocycles. The highest BCUT2D eigenvalue weighted by Gasteiger charge is 2.22. The van der Waals surface area contributed by atoms with Gasteiger partial charge in [-0.2, -0.15) is 4.72 Å². The molecule has 0 aromatic heterocycles. The molecule has 0 saturated heterocycles. The van der Waals surface area contributed by atoms with E-state index >= 15 is 0 Å². The molecule has 0 aliphatic rings. The Morgan fingerprint density at radius 1 is 1.16 bits per heavy atom. The zero-order chi connectivity index (χ0) is 19.2. The minimum atomic E-state index is -3.97. The Hall–Kier alpha value is -2.33. The van der Waals surface area contributed by atoms with E-state index in [1.807, 2.05) is 0 Å². The first kappa shape index (κ1) is 20.7. The normalized spacial score (nSPS) is 12.2. The Morgan fingerprint density at radius 3 is 2.28 bits per heavy atom. The van der Waals surface area contributed by atoms with Crippen LogP contribution < -0.4 is 14.2 Å². The number of likely N-dealkylation sites (N-methyl/N-ethyl adjacent to an activating group) is 1. The van der Waals surface area contributed by atoms with Crippen molar-refractivity contribution in [2.45, 2.75) is 17.9 Å². The van der Waals surface area contributed by atoms with Crippen LogP contribution in [0, 0.1) is 0 Å². The molecule has 10 heteroatoms. The van der Waals surface area contributed by atoms with Crippen LogP contribution in [0.15, 0.2) is 23.1 Å². The molecule has 1 aromatic carbocycles. The van der Waals surface area contributed by atoms with Gasteiger partial charge in [0, 0.05) is 20.2 Å². The fraction of sp³-hybridized carbons (Fsp3) is 0.467. The zero-order valence-electron chi connectivity index (χ0n) is 14.7. The fourth-order valence-electron chi connectivity index (χ4n) is 1.87. The van der Waals surface area contributed by atoms with Crippen molar-refractivity contribution < 1.29 is 32.2 Å². The number of rotatable bonds is 8. The van der Waals surface area contributed by atoms with Gasteiger partial charge in [0.2, 0.25) is 10.0 Å². The summed E-state index contributed by atoms with van der Waals surface area (Å²) in [6.07, 6.45) is -1.01. The van der Waals surface area contributed by atoms with Crippen molar-refractivity contribution in [1.29, 1.82) is 0 Å². The Bertz CT molecular complexity index is 731. The van der Waals surface area contributed by atoms with E-state index in [0.29, 0.717) is 5.75 Å². The number of carbonyl (C=O) groups excluding carboxylic acids is 2. The van der Waals surface area contributed by atoms with E-state index in [1.165, 1.54) is 58.3 Å². The van der Waals surface area contributed by atoms with Crippen molar-refractivity contribution in [3.05, 3.63) is 18.2 Å². The van der Waals surface area contributed by atoms with Crippen molar-refractivity contribution in [2.75, 3.05) is 34.9 Å². The molecule has 140 valence electrons. The summed E-state index contributed by atoms with van der Waals surface area (Å²) in [4.78, 5) is 24.5. The summed E-state index contributed by atoms with van der Waals surface area (Å²) in [5, 5.41) is 0. The van der Waals surface area contributed by atoms with Gasteiger partial charge in [-0.1, -0.05) is 0 Å². The number of benzene rings is 1. The molecule has 0 bridgehead atoms. The molecule has 0 fully saturated rings. The van der Waals surface area contributed by atoms with Gasteiger partial charge < -0.3 is 19.1 Å². The van der Waals surface area contributed by atoms with Gasteiger partial charge in [0.1, 0.15) is 6.54 Å². The Morgan fingerprint density at radius 2 is 1.76 bits per heavy atom. The minimum absolute atomic E-state index is 0.102. The number of ether oxygens (including phenoxy) is 3. The quantitative estimate of drug-likeness (QED) is 0.638. The summed E-state index contributed by atoms with van der Waals surface area (Å²) in [6, 6.07) is 4.02. The maximum absolute atomic E-state index is 12.2. The molecular weight excluding hydrogens is 352 g/mol. The third kappa shape index (κ3) is 5.61. The highest BCUT2D eigenvalue weighted by atomic mass is 32.2. The van der Waals surface area contributed by atoms with Crippen molar-refractivity contribution in [3.63, 3.8) is 0 Å². The first-order valence-electron chi connectivity index (χ1n) is 7.24. The summed E-state index contributed by atoms with van der Waals surface area (Å²) in [7, 11) is 1.88. The zero-order valence-corrected chi connectivity index (χ0v) is 15.5. The van der Waals surface area contributed by atoms with Crippen molar-refractivity contribution in [3.8, 4) is 11.5 Å². The number of hydrogen-bond donors (Lipinski definition) is 1. The molecule has 1 N–H and O–H groups in total. The highest BCUT2D eigenvalue weighted by molar-refractivity contribution is 7.89. The van der Waals surface area contributed by atoms with Gasteiger partial charge in [0.05, 0.1) is 19.1 Å². The second kappa shape index (κ2) is 8.67. The van der Waals surface area contributed by atoms with Crippen LogP contribution in [0.5, 0.6) is 11.5 Å². The number of sulfonamides is 1. The lowest BCUT2D eigenvalue weighted by Crippen LogP contribution is -2.38. The average Bonchev–Trinajstić information content (AvgIpc) is 2.58. The molecule has 1 aromatic rings. The number of methoxy groups -OCH3 is 2. The summed E-state index contributed by atoms with van der Waals surface area (Å²) < 4.78 is 41.6. The number of nitrogens with zero attached hydrogens (tertiary/aromatic N) is 1. The van der Waals surface area contributed by atoms with E-state index < -0.39 is 34.5 Å². The topological polar surface area (TPSA) is 111 Å². The first-order chi connectivity index (χ1) is 11.6. The predicted octanol–water partition coefficient (Wildman–Crippen LogP) is 0.00200. The van der Waals surface area contributed by atoms with Gasteiger partial charge in [-0.15, -0.1) is 0 Å². The minimum Gasteiger partial charge on any atom is -0.493 e. The maximum Gasteiger partial charge on any atom is 0.321 e. The molecule has 9 nitrogen and oxygen atoms in total. The Kier molecular flexibility index (Phi) is 7.19. The van der Waals surface area contributed by atoms with E-state index in [4.69, 9.17) is 14.2 Å². The van der Waals surface area contributed by atoms with Crippen molar-refractivity contribution >= 4 is 21.9 Å². The molecule has 0 saturated carbocycles. The van der Waals surface area contributed by atoms with Crippen LogP contribution in [0.1, 0.15) is 6.92 Å². The Labute approximate surface area is 146 Å². The lowest BCUT2D eigenvalue weighted by Gasteiger charge is -2.17. The molecule has 0 radical (unpaired) electrons. The Balaban J connectivity index is 2.76. The lowest BCUT2D eigenvalue weighted by molar-refractivity contribution is -0.156. The number of hydrogen-bond acceptors (Lipinski definition) is 7. The molecule has 1 atom stereocenters. The van der Waals surface area contributed by atoms with Crippen LogP contribution in [-0.4, -0.2) is 66.2 Å². The molecule has 1 amide bonds. The number of carbonyl (C=O) groups is 2. The second-order valence-electron chi connectivity index (χ2n) is 5.21. The second-order valence-corrected chi connectivity index (χ2v) is 6.97. The largest absolute Gasteiger partial charge is 0.493 e. The number of amides is 1. The SMILES string of the molecule is COc1ccc(S(=O)(=O)NCC(=O)O[C@@H](C)C(=O)N(C)C)cc1OC. The standard InChI is InChI=1S/C15H22N2O7S/c1-10(15(19)17(2)3)24-14(18)9-16-25(20,21)11-6-7-12(22-4)13(8-11)23-5/h6-8,10,16H,9H2,1-5H3/t10-/m0/s1. The van der Waals surface area contributed by atoms with Crippen LogP contribution in [0.4, 0.5) is 0 Å². The van der Waals surface area contributed by atoms with Gasteiger partial charge in [0.15, 0.2) is 17.6 Å². The smallest absolute Gasteiger partial charge is 0.321 e. The summed E-state index contributed by atoms with van der Waals surface area (Å²) in [5.41, 5.74) is 0.